The minimum Gasteiger partial charge on any atom is -0.393 e. The number of pyridine rings is 1. The molecule has 0 spiro atoms. The molecule has 0 aliphatic heterocycles. The van der Waals surface area contributed by atoms with Crippen molar-refractivity contribution in [1.29, 1.82) is 0 Å². The zero-order valence-corrected chi connectivity index (χ0v) is 13.5. The van der Waals surface area contributed by atoms with E-state index in [0.29, 0.717) is 17.1 Å². The summed E-state index contributed by atoms with van der Waals surface area (Å²) in [5.74, 6) is -0.0800. The summed E-state index contributed by atoms with van der Waals surface area (Å²) in [5.41, 5.74) is 2.08. The van der Waals surface area contributed by atoms with Gasteiger partial charge in [0, 0.05) is 24.2 Å². The van der Waals surface area contributed by atoms with E-state index in [0.717, 1.165) is 30.5 Å². The normalized spacial score (nSPS) is 20.4. The van der Waals surface area contributed by atoms with E-state index in [9.17, 15) is 9.90 Å². The Morgan fingerprint density at radius 3 is 2.87 bits per heavy atom. The lowest BCUT2D eigenvalue weighted by Gasteiger charge is -2.15. The summed E-state index contributed by atoms with van der Waals surface area (Å²) in [6.07, 6.45) is 4.17. The molecule has 1 aromatic heterocycles. The first-order valence-electron chi connectivity index (χ1n) is 7.82. The van der Waals surface area contributed by atoms with Crippen molar-refractivity contribution >= 4 is 17.5 Å². The molecule has 1 aliphatic rings. The fourth-order valence-corrected chi connectivity index (χ4v) is 3.17. The van der Waals surface area contributed by atoms with E-state index in [-0.39, 0.29) is 17.9 Å². The molecule has 2 unspecified atom stereocenters. The predicted octanol–water partition coefficient (Wildman–Crippen LogP) is 3.29. The van der Waals surface area contributed by atoms with Crippen LogP contribution in [0.5, 0.6) is 0 Å². The van der Waals surface area contributed by atoms with E-state index in [4.69, 9.17) is 11.6 Å². The summed E-state index contributed by atoms with van der Waals surface area (Å²) in [7, 11) is 0. The van der Waals surface area contributed by atoms with Crippen LogP contribution in [-0.4, -0.2) is 28.6 Å². The molecule has 2 N–H and O–H groups in total. The number of hydrogen-bond acceptors (Lipinski definition) is 3. The number of hydrogen-bond donors (Lipinski definition) is 2. The van der Waals surface area contributed by atoms with Gasteiger partial charge in [0.2, 0.25) is 0 Å². The van der Waals surface area contributed by atoms with Gasteiger partial charge in [0.15, 0.2) is 0 Å². The lowest BCUT2D eigenvalue weighted by atomic mass is 10.0. The number of carbonyl (C=O) groups excluding carboxylic acids is 1. The third kappa shape index (κ3) is 3.71. The Labute approximate surface area is 140 Å². The Morgan fingerprint density at radius 1 is 1.30 bits per heavy atom. The molecule has 0 saturated heterocycles. The molecule has 3 rings (SSSR count). The second kappa shape index (κ2) is 7.11. The minimum absolute atomic E-state index is 0.136. The van der Waals surface area contributed by atoms with Crippen molar-refractivity contribution in [2.24, 2.45) is 5.92 Å². The quantitative estimate of drug-likeness (QED) is 0.904. The van der Waals surface area contributed by atoms with Crippen molar-refractivity contribution in [2.45, 2.75) is 25.4 Å². The van der Waals surface area contributed by atoms with Crippen molar-refractivity contribution < 1.29 is 9.90 Å². The van der Waals surface area contributed by atoms with Crippen LogP contribution in [0, 0.1) is 5.92 Å². The van der Waals surface area contributed by atoms with E-state index in [1.54, 1.807) is 18.3 Å². The van der Waals surface area contributed by atoms with Gasteiger partial charge in [-0.15, -0.1) is 0 Å². The summed E-state index contributed by atoms with van der Waals surface area (Å²) >= 11 is 6.17. The predicted molar refractivity (Wildman–Crippen MR) is 90.4 cm³/mol. The zero-order valence-electron chi connectivity index (χ0n) is 12.7. The number of halogens is 1. The minimum atomic E-state index is -0.314. The highest BCUT2D eigenvalue weighted by Gasteiger charge is 2.25. The van der Waals surface area contributed by atoms with Crippen molar-refractivity contribution in [1.82, 2.24) is 10.3 Å². The van der Waals surface area contributed by atoms with E-state index >= 15 is 0 Å². The summed E-state index contributed by atoms with van der Waals surface area (Å²) in [6.45, 7) is 0.476. The van der Waals surface area contributed by atoms with E-state index in [1.807, 2.05) is 24.3 Å². The third-order valence-corrected chi connectivity index (χ3v) is 4.64. The molecule has 2 aromatic rings. The third-order valence-electron chi connectivity index (χ3n) is 4.32. The number of amides is 1. The van der Waals surface area contributed by atoms with Crippen LogP contribution in [0.1, 0.15) is 29.6 Å². The Balaban J connectivity index is 1.74. The average molecular weight is 331 g/mol. The second-order valence-corrected chi connectivity index (χ2v) is 6.29. The maximum absolute atomic E-state index is 12.4. The number of aliphatic hydroxyl groups is 1. The van der Waals surface area contributed by atoms with E-state index in [1.165, 1.54) is 0 Å². The first-order chi connectivity index (χ1) is 11.1. The number of aliphatic hydroxyl groups excluding tert-OH is 1. The van der Waals surface area contributed by atoms with Gasteiger partial charge in [0.1, 0.15) is 0 Å². The monoisotopic (exact) mass is 330 g/mol. The molecule has 4 nitrogen and oxygen atoms in total. The van der Waals surface area contributed by atoms with Crippen LogP contribution in [0.15, 0.2) is 42.6 Å². The molecule has 0 bridgehead atoms. The Hall–Kier alpha value is -1.91. The number of benzene rings is 1. The molecule has 120 valence electrons. The van der Waals surface area contributed by atoms with Crippen molar-refractivity contribution in [3.05, 3.63) is 53.2 Å². The van der Waals surface area contributed by atoms with Crippen molar-refractivity contribution in [3.63, 3.8) is 0 Å². The largest absolute Gasteiger partial charge is 0.393 e. The highest BCUT2D eigenvalue weighted by Crippen LogP contribution is 2.26. The van der Waals surface area contributed by atoms with Gasteiger partial charge in [0.05, 0.1) is 22.4 Å². The summed E-state index contributed by atoms with van der Waals surface area (Å²) in [6, 6.07) is 11.0. The van der Waals surface area contributed by atoms with Gasteiger partial charge in [-0.2, -0.15) is 0 Å². The maximum atomic E-state index is 12.4. The van der Waals surface area contributed by atoms with Crippen LogP contribution in [0.3, 0.4) is 0 Å². The van der Waals surface area contributed by atoms with Gasteiger partial charge >= 0.3 is 0 Å². The van der Waals surface area contributed by atoms with Crippen molar-refractivity contribution in [3.8, 4) is 11.3 Å². The van der Waals surface area contributed by atoms with Crippen LogP contribution < -0.4 is 5.32 Å². The van der Waals surface area contributed by atoms with E-state index in [2.05, 4.69) is 10.3 Å². The standard InChI is InChI=1S/C18H19ClN2O2/c19-15-8-7-12(16-5-1-2-9-20-16)10-14(15)18(23)21-11-13-4-3-6-17(13)22/h1-2,5,7-10,13,17,22H,3-4,6,11H2,(H,21,23). The van der Waals surface area contributed by atoms with Gasteiger partial charge in [0.25, 0.3) is 5.91 Å². The van der Waals surface area contributed by atoms with E-state index < -0.39 is 0 Å². The fourth-order valence-electron chi connectivity index (χ4n) is 2.97. The Kier molecular flexibility index (Phi) is 4.94. The molecule has 1 fully saturated rings. The summed E-state index contributed by atoms with van der Waals surface area (Å²) in [5, 5.41) is 13.1. The fraction of sp³-hybridized carbons (Fsp3) is 0.333. The summed E-state index contributed by atoms with van der Waals surface area (Å²) < 4.78 is 0. The molecule has 1 amide bonds. The molecule has 1 aliphatic carbocycles. The lowest BCUT2D eigenvalue weighted by Crippen LogP contribution is -2.32. The average Bonchev–Trinajstić information content (AvgIpc) is 2.99. The number of rotatable bonds is 4. The first kappa shape index (κ1) is 16.0. The molecular formula is C18H19ClN2O2. The van der Waals surface area contributed by atoms with Gasteiger partial charge in [-0.3, -0.25) is 9.78 Å². The molecule has 5 heteroatoms. The Bertz CT molecular complexity index is 691. The number of nitrogens with one attached hydrogen (secondary N) is 1. The summed E-state index contributed by atoms with van der Waals surface area (Å²) in [4.78, 5) is 16.7. The van der Waals surface area contributed by atoms with Gasteiger partial charge in [-0.05, 0) is 37.1 Å². The van der Waals surface area contributed by atoms with Crippen molar-refractivity contribution in [2.75, 3.05) is 6.54 Å². The topological polar surface area (TPSA) is 62.2 Å². The maximum Gasteiger partial charge on any atom is 0.252 e. The molecule has 1 saturated carbocycles. The van der Waals surface area contributed by atoms with Gasteiger partial charge < -0.3 is 10.4 Å². The molecule has 1 heterocycles. The zero-order chi connectivity index (χ0) is 16.2. The lowest BCUT2D eigenvalue weighted by molar-refractivity contribution is 0.0917. The number of aromatic nitrogens is 1. The molecule has 2 atom stereocenters. The van der Waals surface area contributed by atoms with Gasteiger partial charge in [-0.25, -0.2) is 0 Å². The number of nitrogens with zero attached hydrogens (tertiary/aromatic N) is 1. The Morgan fingerprint density at radius 2 is 2.17 bits per heavy atom. The van der Waals surface area contributed by atoms with Crippen LogP contribution in [0.4, 0.5) is 0 Å². The molecular weight excluding hydrogens is 312 g/mol. The highest BCUT2D eigenvalue weighted by atomic mass is 35.5. The second-order valence-electron chi connectivity index (χ2n) is 5.88. The van der Waals surface area contributed by atoms with Gasteiger partial charge in [-0.1, -0.05) is 30.2 Å². The van der Waals surface area contributed by atoms with Crippen LogP contribution in [0.2, 0.25) is 5.02 Å². The van der Waals surface area contributed by atoms with Crippen LogP contribution >= 0.6 is 11.6 Å². The highest BCUT2D eigenvalue weighted by molar-refractivity contribution is 6.34. The molecule has 0 radical (unpaired) electrons. The molecule has 23 heavy (non-hydrogen) atoms. The van der Waals surface area contributed by atoms with Crippen LogP contribution in [0.25, 0.3) is 11.3 Å². The molecule has 1 aromatic carbocycles. The van der Waals surface area contributed by atoms with Crippen LogP contribution in [-0.2, 0) is 0 Å². The smallest absolute Gasteiger partial charge is 0.252 e. The first-order valence-corrected chi connectivity index (χ1v) is 8.20. The SMILES string of the molecule is O=C(NCC1CCCC1O)c1cc(-c2ccccn2)ccc1Cl. The number of carbonyl (C=O) groups is 1.